The predicted molar refractivity (Wildman–Crippen MR) is 92.3 cm³/mol. The van der Waals surface area contributed by atoms with Crippen molar-refractivity contribution in [1.82, 2.24) is 20.1 Å². The maximum absolute atomic E-state index is 12.7. The molecule has 0 saturated carbocycles. The summed E-state index contributed by atoms with van der Waals surface area (Å²) in [5, 5.41) is 6.75. The molecule has 1 aliphatic rings. The summed E-state index contributed by atoms with van der Waals surface area (Å²) in [6.45, 7) is 4.98. The van der Waals surface area contributed by atoms with Crippen LogP contribution in [0.25, 0.3) is 0 Å². The Morgan fingerprint density at radius 2 is 2.24 bits per heavy atom. The van der Waals surface area contributed by atoms with Crippen molar-refractivity contribution in [3.05, 3.63) is 41.5 Å². The van der Waals surface area contributed by atoms with E-state index in [-0.39, 0.29) is 18.1 Å². The number of benzene rings is 1. The van der Waals surface area contributed by atoms with Gasteiger partial charge >= 0.3 is 0 Å². The standard InChI is InChI=1S/C18H24N4O3/c1-12-5-4-6-16(13(12)2)25-8-7-17(23)22-10-14(24-3)9-15(22)18-19-11-20-21-18/h4-6,11,14-15H,7-10H2,1-3H3,(H,19,20,21)/t14-,15+/m1/s1. The van der Waals surface area contributed by atoms with E-state index in [0.717, 1.165) is 17.7 Å². The number of nitrogens with one attached hydrogen (secondary N) is 1. The van der Waals surface area contributed by atoms with E-state index >= 15 is 0 Å². The van der Waals surface area contributed by atoms with Gasteiger partial charge in [-0.1, -0.05) is 12.1 Å². The van der Waals surface area contributed by atoms with Crippen molar-refractivity contribution in [2.24, 2.45) is 0 Å². The highest BCUT2D eigenvalue weighted by Crippen LogP contribution is 2.31. The number of aromatic amines is 1. The van der Waals surface area contributed by atoms with Gasteiger partial charge < -0.3 is 14.4 Å². The lowest BCUT2D eigenvalue weighted by Crippen LogP contribution is -2.33. The second kappa shape index (κ2) is 7.65. The molecule has 1 aliphatic heterocycles. The zero-order valence-corrected chi connectivity index (χ0v) is 14.9. The largest absolute Gasteiger partial charge is 0.493 e. The van der Waals surface area contributed by atoms with Crippen molar-refractivity contribution >= 4 is 5.91 Å². The lowest BCUT2D eigenvalue weighted by Gasteiger charge is -2.22. The number of likely N-dealkylation sites (tertiary alicyclic amines) is 1. The number of amides is 1. The topological polar surface area (TPSA) is 80.3 Å². The van der Waals surface area contributed by atoms with E-state index in [9.17, 15) is 4.79 Å². The van der Waals surface area contributed by atoms with Crippen LogP contribution in [0.1, 0.15) is 35.8 Å². The molecule has 3 rings (SSSR count). The molecular formula is C18H24N4O3. The smallest absolute Gasteiger partial charge is 0.226 e. The fourth-order valence-electron chi connectivity index (χ4n) is 3.15. The molecule has 0 aliphatic carbocycles. The molecule has 134 valence electrons. The number of hydrogen-bond acceptors (Lipinski definition) is 5. The van der Waals surface area contributed by atoms with Crippen LogP contribution in [-0.2, 0) is 9.53 Å². The summed E-state index contributed by atoms with van der Waals surface area (Å²) in [7, 11) is 1.67. The molecule has 1 fully saturated rings. The number of carbonyl (C=O) groups is 1. The van der Waals surface area contributed by atoms with Crippen LogP contribution in [0.5, 0.6) is 5.75 Å². The van der Waals surface area contributed by atoms with Gasteiger partial charge in [0.1, 0.15) is 17.9 Å². The molecule has 2 aromatic rings. The van der Waals surface area contributed by atoms with Crippen LogP contribution in [-0.4, -0.2) is 52.4 Å². The maximum atomic E-state index is 12.7. The van der Waals surface area contributed by atoms with E-state index in [0.29, 0.717) is 25.4 Å². The van der Waals surface area contributed by atoms with Crippen LogP contribution in [0.2, 0.25) is 0 Å². The summed E-state index contributed by atoms with van der Waals surface area (Å²) in [5.74, 6) is 1.56. The third-order valence-electron chi connectivity index (χ3n) is 4.79. The molecule has 2 atom stereocenters. The molecule has 1 saturated heterocycles. The van der Waals surface area contributed by atoms with E-state index in [4.69, 9.17) is 9.47 Å². The third-order valence-corrected chi connectivity index (χ3v) is 4.79. The molecule has 7 heteroatoms. The van der Waals surface area contributed by atoms with Gasteiger partial charge in [-0.2, -0.15) is 5.10 Å². The van der Waals surface area contributed by atoms with Crippen molar-refractivity contribution < 1.29 is 14.3 Å². The number of H-pyrrole nitrogens is 1. The van der Waals surface area contributed by atoms with Gasteiger partial charge in [0.25, 0.3) is 0 Å². The normalized spacial score (nSPS) is 20.0. The van der Waals surface area contributed by atoms with E-state index in [1.165, 1.54) is 11.9 Å². The number of rotatable bonds is 6. The molecule has 0 bridgehead atoms. The highest BCUT2D eigenvalue weighted by molar-refractivity contribution is 5.77. The predicted octanol–water partition coefficient (Wildman–Crippen LogP) is 2.18. The zero-order chi connectivity index (χ0) is 17.8. The Labute approximate surface area is 147 Å². The Morgan fingerprint density at radius 1 is 1.40 bits per heavy atom. The van der Waals surface area contributed by atoms with Gasteiger partial charge in [0.15, 0.2) is 0 Å². The molecule has 1 aromatic carbocycles. The van der Waals surface area contributed by atoms with Crippen LogP contribution < -0.4 is 4.74 Å². The zero-order valence-electron chi connectivity index (χ0n) is 14.9. The highest BCUT2D eigenvalue weighted by Gasteiger charge is 2.37. The van der Waals surface area contributed by atoms with Gasteiger partial charge in [0.2, 0.25) is 5.91 Å². The maximum Gasteiger partial charge on any atom is 0.226 e. The highest BCUT2D eigenvalue weighted by atomic mass is 16.5. The summed E-state index contributed by atoms with van der Waals surface area (Å²) in [5.41, 5.74) is 2.28. The van der Waals surface area contributed by atoms with Crippen molar-refractivity contribution in [3.63, 3.8) is 0 Å². The van der Waals surface area contributed by atoms with Crippen molar-refractivity contribution in [1.29, 1.82) is 0 Å². The van der Waals surface area contributed by atoms with E-state index in [1.54, 1.807) is 12.0 Å². The summed E-state index contributed by atoms with van der Waals surface area (Å²) in [6, 6.07) is 5.81. The number of hydrogen-bond donors (Lipinski definition) is 1. The van der Waals surface area contributed by atoms with E-state index in [1.807, 2.05) is 32.0 Å². The Hall–Kier alpha value is -2.41. The average Bonchev–Trinajstić information content (AvgIpc) is 3.27. The number of methoxy groups -OCH3 is 1. The number of aromatic nitrogens is 3. The van der Waals surface area contributed by atoms with Crippen molar-refractivity contribution in [3.8, 4) is 5.75 Å². The van der Waals surface area contributed by atoms with E-state index in [2.05, 4.69) is 15.2 Å². The fraction of sp³-hybridized carbons (Fsp3) is 0.500. The van der Waals surface area contributed by atoms with Crippen LogP contribution in [0.4, 0.5) is 0 Å². The van der Waals surface area contributed by atoms with Crippen LogP contribution in [0.15, 0.2) is 24.5 Å². The number of nitrogens with zero attached hydrogens (tertiary/aromatic N) is 3. The minimum atomic E-state index is -0.124. The molecule has 2 heterocycles. The van der Waals surface area contributed by atoms with Gasteiger partial charge in [-0.05, 0) is 31.0 Å². The first-order chi connectivity index (χ1) is 12.1. The fourth-order valence-corrected chi connectivity index (χ4v) is 3.15. The summed E-state index contributed by atoms with van der Waals surface area (Å²) in [4.78, 5) is 18.7. The molecule has 1 aromatic heterocycles. The summed E-state index contributed by atoms with van der Waals surface area (Å²) in [6.07, 6.45) is 2.50. The molecule has 0 unspecified atom stereocenters. The first-order valence-electron chi connectivity index (χ1n) is 8.46. The Morgan fingerprint density at radius 3 is 2.96 bits per heavy atom. The van der Waals surface area contributed by atoms with Crippen molar-refractivity contribution in [2.45, 2.75) is 38.8 Å². The Bertz CT molecular complexity index is 717. The van der Waals surface area contributed by atoms with Gasteiger partial charge in [-0.15, -0.1) is 0 Å². The minimum absolute atomic E-state index is 0.0129. The second-order valence-electron chi connectivity index (χ2n) is 6.32. The van der Waals surface area contributed by atoms with Gasteiger partial charge in [0.05, 0.1) is 25.2 Å². The van der Waals surface area contributed by atoms with Gasteiger partial charge in [-0.25, -0.2) is 4.98 Å². The molecule has 1 N–H and O–H groups in total. The quantitative estimate of drug-likeness (QED) is 0.869. The van der Waals surface area contributed by atoms with Crippen molar-refractivity contribution in [2.75, 3.05) is 20.3 Å². The molecule has 0 radical (unpaired) electrons. The van der Waals surface area contributed by atoms with E-state index < -0.39 is 0 Å². The average molecular weight is 344 g/mol. The molecule has 0 spiro atoms. The Kier molecular flexibility index (Phi) is 5.33. The van der Waals surface area contributed by atoms with Crippen LogP contribution in [0, 0.1) is 13.8 Å². The van der Waals surface area contributed by atoms with Crippen LogP contribution >= 0.6 is 0 Å². The molecule has 25 heavy (non-hydrogen) atoms. The first-order valence-corrected chi connectivity index (χ1v) is 8.46. The lowest BCUT2D eigenvalue weighted by molar-refractivity contribution is -0.133. The summed E-state index contributed by atoms with van der Waals surface area (Å²) >= 11 is 0. The molecule has 1 amide bonds. The SMILES string of the molecule is CO[C@@H]1C[C@@H](c2ncn[nH]2)N(C(=O)CCOc2cccc(C)c2C)C1. The minimum Gasteiger partial charge on any atom is -0.493 e. The van der Waals surface area contributed by atoms with Gasteiger partial charge in [-0.3, -0.25) is 9.89 Å². The first kappa shape index (κ1) is 17.4. The van der Waals surface area contributed by atoms with Gasteiger partial charge in [0, 0.05) is 20.1 Å². The number of carbonyl (C=O) groups excluding carboxylic acids is 1. The molecule has 7 nitrogen and oxygen atoms in total. The second-order valence-corrected chi connectivity index (χ2v) is 6.32. The third kappa shape index (κ3) is 3.82. The lowest BCUT2D eigenvalue weighted by atomic mass is 10.1. The monoisotopic (exact) mass is 344 g/mol. The molecular weight excluding hydrogens is 320 g/mol. The number of aryl methyl sites for hydroxylation is 1. The number of ether oxygens (including phenoxy) is 2. The summed E-state index contributed by atoms with van der Waals surface area (Å²) < 4.78 is 11.2. The van der Waals surface area contributed by atoms with Crippen LogP contribution in [0.3, 0.4) is 0 Å². The Balaban J connectivity index is 1.60.